The molecule has 21 heavy (non-hydrogen) atoms. The molecule has 1 rings (SSSR count). The molecule has 0 amide bonds. The van der Waals surface area contributed by atoms with E-state index in [2.05, 4.69) is 14.1 Å². The molecule has 0 radical (unpaired) electrons. The van der Waals surface area contributed by atoms with E-state index >= 15 is 0 Å². The molecule has 112 valence electrons. The van der Waals surface area contributed by atoms with Crippen LogP contribution in [0.4, 0.5) is 4.39 Å². The van der Waals surface area contributed by atoms with Gasteiger partial charge in [0.05, 0.1) is 0 Å². The second kappa shape index (κ2) is 9.11. The summed E-state index contributed by atoms with van der Waals surface area (Å²) in [6.07, 6.45) is 1.57. The van der Waals surface area contributed by atoms with Crippen LogP contribution in [0.1, 0.15) is 25.3 Å². The zero-order valence-electron chi connectivity index (χ0n) is 12.4. The van der Waals surface area contributed by atoms with E-state index in [9.17, 15) is 9.18 Å². The molecule has 0 saturated heterocycles. The molecule has 0 saturated carbocycles. The van der Waals surface area contributed by atoms with E-state index < -0.39 is 0 Å². The molecule has 0 aliphatic carbocycles. The monoisotopic (exact) mass is 290 g/mol. The second-order valence-electron chi connectivity index (χ2n) is 4.78. The van der Waals surface area contributed by atoms with Crippen molar-refractivity contribution in [1.29, 1.82) is 0 Å². The van der Waals surface area contributed by atoms with Crippen LogP contribution in [-0.4, -0.2) is 32.4 Å². The first-order chi connectivity index (χ1) is 9.99. The number of carbonyl (C=O) groups excluding carboxylic acids is 1. The topological polar surface area (TPSA) is 35.5 Å². The molecule has 0 fully saturated rings. The maximum absolute atomic E-state index is 12.4. The Morgan fingerprint density at radius 1 is 1.29 bits per heavy atom. The number of ether oxygens (including phenoxy) is 2. The summed E-state index contributed by atoms with van der Waals surface area (Å²) in [4.78, 5) is 11.2. The fourth-order valence-electron chi connectivity index (χ4n) is 1.59. The molecule has 0 aromatic heterocycles. The Morgan fingerprint density at radius 2 is 1.95 bits per heavy atom. The predicted octanol–water partition coefficient (Wildman–Crippen LogP) is 2.51. The van der Waals surface area contributed by atoms with E-state index in [4.69, 9.17) is 9.47 Å². The number of carbonyl (C=O) groups is 1. The van der Waals surface area contributed by atoms with Gasteiger partial charge in [0.1, 0.15) is 0 Å². The Labute approximate surface area is 125 Å². The molecule has 0 aliphatic rings. The maximum atomic E-state index is 12.4. The first kappa shape index (κ1) is 17.1. The van der Waals surface area contributed by atoms with Gasteiger partial charge >= 0.3 is 101 Å². The summed E-state index contributed by atoms with van der Waals surface area (Å²) < 4.78 is 22.9. The molecule has 0 spiro atoms. The van der Waals surface area contributed by atoms with Gasteiger partial charge in [-0.2, -0.15) is 0 Å². The molecule has 0 heterocycles. The van der Waals surface area contributed by atoms with Crippen molar-refractivity contribution in [2.45, 2.75) is 26.2 Å². The molecule has 1 aromatic rings. The molecule has 0 N–H and O–H groups in total. The van der Waals surface area contributed by atoms with Gasteiger partial charge in [0, 0.05) is 5.57 Å². The zero-order valence-corrected chi connectivity index (χ0v) is 12.4. The van der Waals surface area contributed by atoms with E-state index in [-0.39, 0.29) is 11.7 Å². The van der Waals surface area contributed by atoms with Crippen LogP contribution in [0.15, 0.2) is 36.4 Å². The van der Waals surface area contributed by atoms with Crippen molar-refractivity contribution in [2.75, 3.05) is 13.2 Å². The number of rotatable bonds is 9. The van der Waals surface area contributed by atoms with Crippen molar-refractivity contribution in [2.24, 2.45) is 0 Å². The molecule has 0 atom stereocenters. The quantitative estimate of drug-likeness (QED) is 0.303. The van der Waals surface area contributed by atoms with Gasteiger partial charge in [-0.3, -0.25) is 0 Å². The second-order valence-corrected chi connectivity index (χ2v) is 4.78. The van der Waals surface area contributed by atoms with Crippen molar-refractivity contribution < 1.29 is 18.7 Å². The molecule has 5 heteroatoms. The third kappa shape index (κ3) is 7.44. The van der Waals surface area contributed by atoms with Gasteiger partial charge in [-0.25, -0.2) is 4.79 Å². The van der Waals surface area contributed by atoms with Gasteiger partial charge < -0.3 is 0 Å². The Bertz CT molecular complexity index is 497. The number of benzene rings is 1. The molecule has 0 unspecified atom stereocenters. The Morgan fingerprint density at radius 3 is 2.52 bits per heavy atom. The first-order valence-corrected chi connectivity index (χ1v) is 6.86. The average molecular weight is 290 g/mol. The van der Waals surface area contributed by atoms with Crippen LogP contribution in [0.5, 0.6) is 5.75 Å². The number of halogens is 1. The SMILES string of the molecule is B=C(F)CCCOc1ccc(CCOC(=O)C(=C)C)cc1. The summed E-state index contributed by atoms with van der Waals surface area (Å²) in [5.74, 6) is 0.367. The zero-order chi connectivity index (χ0) is 15.7. The van der Waals surface area contributed by atoms with Crippen LogP contribution in [0, 0.1) is 0 Å². The van der Waals surface area contributed by atoms with E-state index in [1.54, 1.807) is 6.92 Å². The molecule has 0 bridgehead atoms. The van der Waals surface area contributed by atoms with E-state index in [0.717, 1.165) is 11.3 Å². The molecule has 0 aliphatic heterocycles. The van der Waals surface area contributed by atoms with Crippen molar-refractivity contribution in [3.63, 3.8) is 0 Å². The summed E-state index contributed by atoms with van der Waals surface area (Å²) in [7, 11) is 3.20. The predicted molar refractivity (Wildman–Crippen MR) is 83.9 cm³/mol. The van der Waals surface area contributed by atoms with E-state index in [1.807, 2.05) is 24.3 Å². The molecule has 1 aromatic carbocycles. The van der Waals surface area contributed by atoms with Crippen LogP contribution in [0.2, 0.25) is 0 Å². The van der Waals surface area contributed by atoms with Crippen molar-refractivity contribution in [3.05, 3.63) is 42.0 Å². The van der Waals surface area contributed by atoms with Crippen molar-refractivity contribution in [1.82, 2.24) is 0 Å². The van der Waals surface area contributed by atoms with Crippen LogP contribution in [0.25, 0.3) is 0 Å². The Kier molecular flexibility index (Phi) is 7.44. The third-order valence-electron chi connectivity index (χ3n) is 2.76. The van der Waals surface area contributed by atoms with E-state index in [1.165, 1.54) is 0 Å². The van der Waals surface area contributed by atoms with Crippen LogP contribution in [-0.2, 0) is 16.0 Å². The first-order valence-electron chi connectivity index (χ1n) is 6.86. The van der Waals surface area contributed by atoms with Gasteiger partial charge in [-0.05, 0) is 6.92 Å². The fraction of sp³-hybridized carbons (Fsp3) is 0.375. The third-order valence-corrected chi connectivity index (χ3v) is 2.76. The van der Waals surface area contributed by atoms with Crippen molar-refractivity contribution in [3.8, 4) is 5.75 Å². The fourth-order valence-corrected chi connectivity index (χ4v) is 1.59. The summed E-state index contributed by atoms with van der Waals surface area (Å²) in [6, 6.07) is 7.52. The van der Waals surface area contributed by atoms with Crippen LogP contribution < -0.4 is 4.74 Å². The van der Waals surface area contributed by atoms with Gasteiger partial charge in [0.2, 0.25) is 0 Å². The standard InChI is InChI=1S/C16H20BFO3/c1-12(2)16(19)21-11-9-13-5-7-14(8-6-13)20-10-3-4-15(17)18/h5-8,17H,1,3-4,9-11H2,2H3. The normalized spacial score (nSPS) is 9.95. The van der Waals surface area contributed by atoms with Gasteiger partial charge in [0.15, 0.2) is 0 Å². The van der Waals surface area contributed by atoms with Gasteiger partial charge in [-0.15, -0.1) is 0 Å². The van der Waals surface area contributed by atoms with Crippen LogP contribution >= 0.6 is 0 Å². The molecular weight excluding hydrogens is 270 g/mol. The number of hydrogen-bond acceptors (Lipinski definition) is 3. The Hall–Kier alpha value is -1.91. The summed E-state index contributed by atoms with van der Waals surface area (Å²) in [5, 5.41) is 0. The molecule has 3 nitrogen and oxygen atoms in total. The Balaban J connectivity index is 2.28. The van der Waals surface area contributed by atoms with Crippen molar-refractivity contribution >= 4 is 19.2 Å². The van der Waals surface area contributed by atoms with E-state index in [0.29, 0.717) is 38.0 Å². The van der Waals surface area contributed by atoms with Gasteiger partial charge in [-0.1, -0.05) is 6.58 Å². The number of esters is 1. The minimum absolute atomic E-state index is 0.321. The summed E-state index contributed by atoms with van der Waals surface area (Å²) in [5.41, 5.74) is 1.13. The summed E-state index contributed by atoms with van der Waals surface area (Å²) in [6.45, 7) is 5.92. The molecular formula is C16H20BFO3. The summed E-state index contributed by atoms with van der Waals surface area (Å²) >= 11 is 0. The minimum atomic E-state index is -0.371. The van der Waals surface area contributed by atoms with Crippen LogP contribution in [0.3, 0.4) is 0 Å². The number of hydrogen-bond donors (Lipinski definition) is 0. The van der Waals surface area contributed by atoms with Gasteiger partial charge in [0.25, 0.3) is 0 Å². The average Bonchev–Trinajstić information content (AvgIpc) is 2.44.